The summed E-state index contributed by atoms with van der Waals surface area (Å²) in [7, 11) is 0. The zero-order valence-electron chi connectivity index (χ0n) is 16.6. The van der Waals surface area contributed by atoms with Gasteiger partial charge in [-0.05, 0) is 35.9 Å². The van der Waals surface area contributed by atoms with E-state index in [9.17, 15) is 18.0 Å². The first-order valence-electron chi connectivity index (χ1n) is 9.56. The molecule has 3 aromatic carbocycles. The summed E-state index contributed by atoms with van der Waals surface area (Å²) in [6, 6.07) is 19.7. The van der Waals surface area contributed by atoms with Crippen LogP contribution in [0.4, 0.5) is 13.2 Å². The lowest BCUT2D eigenvalue weighted by Gasteiger charge is -2.09. The average molecular weight is 454 g/mol. The molecule has 5 nitrogen and oxygen atoms in total. The number of imidazole rings is 1. The normalized spacial score (nSPS) is 11.8. The highest BCUT2D eigenvalue weighted by molar-refractivity contribution is 7.98. The van der Waals surface area contributed by atoms with Crippen LogP contribution in [0.1, 0.15) is 27.0 Å². The Morgan fingerprint density at radius 1 is 1.03 bits per heavy atom. The molecule has 0 spiro atoms. The minimum atomic E-state index is -4.50. The molecule has 2 N–H and O–H groups in total. The van der Waals surface area contributed by atoms with Crippen molar-refractivity contribution in [3.05, 3.63) is 95.1 Å². The molecule has 0 fully saturated rings. The zero-order chi connectivity index (χ0) is 22.6. The summed E-state index contributed by atoms with van der Waals surface area (Å²) in [6.07, 6.45) is -3.51. The van der Waals surface area contributed by atoms with Crippen LogP contribution in [0.5, 0.6) is 0 Å². The standard InChI is InChI=1S/C23H17F3N4OS/c24-23(25,26)18-6-2-1-5-17(18)13-27-30-21(31)16-11-9-15(10-12-16)14-32-22-28-19-7-3-4-8-20(19)29-22/h1-13H,14H2,(H,28,29)(H,30,31)/b27-13+. The van der Waals surface area contributed by atoms with Crippen LogP contribution in [0.15, 0.2) is 83.1 Å². The lowest BCUT2D eigenvalue weighted by Crippen LogP contribution is -2.18. The van der Waals surface area contributed by atoms with Crippen LogP contribution in [0.3, 0.4) is 0 Å². The number of fused-ring (bicyclic) bond motifs is 1. The van der Waals surface area contributed by atoms with E-state index < -0.39 is 17.6 Å². The Hall–Kier alpha value is -3.59. The van der Waals surface area contributed by atoms with Gasteiger partial charge in [-0.2, -0.15) is 18.3 Å². The van der Waals surface area contributed by atoms with E-state index in [1.165, 1.54) is 18.2 Å². The van der Waals surface area contributed by atoms with Gasteiger partial charge in [0.15, 0.2) is 5.16 Å². The first-order chi connectivity index (χ1) is 15.4. The Morgan fingerprint density at radius 3 is 2.50 bits per heavy atom. The van der Waals surface area contributed by atoms with Crippen molar-refractivity contribution in [3.63, 3.8) is 0 Å². The number of carbonyl (C=O) groups is 1. The number of halogens is 3. The van der Waals surface area contributed by atoms with E-state index in [2.05, 4.69) is 20.5 Å². The van der Waals surface area contributed by atoms with E-state index in [1.54, 1.807) is 23.9 Å². The van der Waals surface area contributed by atoms with Crippen LogP contribution in [-0.2, 0) is 11.9 Å². The second-order valence-corrected chi connectivity index (χ2v) is 7.79. The maximum Gasteiger partial charge on any atom is 0.417 e. The second kappa shape index (κ2) is 9.27. The number of hydrogen-bond donors (Lipinski definition) is 2. The van der Waals surface area contributed by atoms with Crippen LogP contribution in [0.25, 0.3) is 11.0 Å². The fourth-order valence-corrected chi connectivity index (χ4v) is 3.84. The van der Waals surface area contributed by atoms with Crippen LogP contribution >= 0.6 is 11.8 Å². The minimum absolute atomic E-state index is 0.127. The van der Waals surface area contributed by atoms with Crippen molar-refractivity contribution in [2.75, 3.05) is 0 Å². The third-order valence-corrected chi connectivity index (χ3v) is 5.54. The summed E-state index contributed by atoms with van der Waals surface area (Å²) < 4.78 is 39.0. The molecule has 9 heteroatoms. The molecular formula is C23H17F3N4OS. The van der Waals surface area contributed by atoms with Crippen molar-refractivity contribution >= 4 is 34.9 Å². The highest BCUT2D eigenvalue weighted by Crippen LogP contribution is 2.31. The summed E-state index contributed by atoms with van der Waals surface area (Å²) in [6.45, 7) is 0. The monoisotopic (exact) mass is 454 g/mol. The van der Waals surface area contributed by atoms with Gasteiger partial charge in [0.1, 0.15) is 0 Å². The molecule has 0 aliphatic carbocycles. The number of aromatic nitrogens is 2. The second-order valence-electron chi connectivity index (χ2n) is 6.83. The van der Waals surface area contributed by atoms with Crippen molar-refractivity contribution in [2.45, 2.75) is 17.1 Å². The van der Waals surface area contributed by atoms with Crippen molar-refractivity contribution in [3.8, 4) is 0 Å². The fourth-order valence-electron chi connectivity index (χ4n) is 2.99. The molecule has 0 atom stereocenters. The molecule has 0 saturated heterocycles. The number of nitrogens with one attached hydrogen (secondary N) is 2. The van der Waals surface area contributed by atoms with Crippen LogP contribution in [-0.4, -0.2) is 22.1 Å². The van der Waals surface area contributed by atoms with Crippen LogP contribution in [0, 0.1) is 0 Å². The molecule has 0 bridgehead atoms. The first kappa shape index (κ1) is 21.6. The quantitative estimate of drug-likeness (QED) is 0.225. The Bertz CT molecular complexity index is 1230. The number of thioether (sulfide) groups is 1. The molecule has 1 heterocycles. The summed E-state index contributed by atoms with van der Waals surface area (Å²) in [5.74, 6) is 0.149. The number of H-pyrrole nitrogens is 1. The topological polar surface area (TPSA) is 70.1 Å². The van der Waals surface area contributed by atoms with E-state index in [0.717, 1.165) is 34.0 Å². The number of hydrazone groups is 1. The lowest BCUT2D eigenvalue weighted by atomic mass is 10.1. The van der Waals surface area contributed by atoms with E-state index in [4.69, 9.17) is 0 Å². The molecule has 32 heavy (non-hydrogen) atoms. The molecule has 0 aliphatic rings. The maximum absolute atomic E-state index is 13.0. The van der Waals surface area contributed by atoms with Gasteiger partial charge in [0, 0.05) is 16.9 Å². The van der Waals surface area contributed by atoms with Crippen molar-refractivity contribution in [2.24, 2.45) is 5.10 Å². The van der Waals surface area contributed by atoms with Gasteiger partial charge in [0.25, 0.3) is 5.91 Å². The molecule has 1 aromatic heterocycles. The number of para-hydroxylation sites is 2. The SMILES string of the molecule is O=C(N/N=C/c1ccccc1C(F)(F)F)c1ccc(CSc2nc3ccccc3[nH]2)cc1. The minimum Gasteiger partial charge on any atom is -0.333 e. The zero-order valence-corrected chi connectivity index (χ0v) is 17.4. The van der Waals surface area contributed by atoms with E-state index in [-0.39, 0.29) is 5.56 Å². The first-order valence-corrected chi connectivity index (χ1v) is 10.5. The maximum atomic E-state index is 13.0. The number of amides is 1. The smallest absolute Gasteiger partial charge is 0.333 e. The largest absolute Gasteiger partial charge is 0.417 e. The molecule has 4 rings (SSSR count). The Labute approximate surface area is 185 Å². The Balaban J connectivity index is 1.34. The Morgan fingerprint density at radius 2 is 1.75 bits per heavy atom. The number of nitrogens with zero attached hydrogens (tertiary/aromatic N) is 2. The molecule has 4 aromatic rings. The number of benzene rings is 3. The summed E-state index contributed by atoms with van der Waals surface area (Å²) in [4.78, 5) is 20.0. The van der Waals surface area contributed by atoms with Gasteiger partial charge in [-0.15, -0.1) is 0 Å². The van der Waals surface area contributed by atoms with Gasteiger partial charge in [0.05, 0.1) is 22.8 Å². The third kappa shape index (κ3) is 5.17. The number of hydrogen-bond acceptors (Lipinski definition) is 4. The van der Waals surface area contributed by atoms with E-state index in [1.807, 2.05) is 36.4 Å². The number of carbonyl (C=O) groups excluding carboxylic acids is 1. The predicted molar refractivity (Wildman–Crippen MR) is 119 cm³/mol. The van der Waals surface area contributed by atoms with Crippen molar-refractivity contribution < 1.29 is 18.0 Å². The van der Waals surface area contributed by atoms with Gasteiger partial charge in [-0.25, -0.2) is 10.4 Å². The molecule has 0 saturated carbocycles. The van der Waals surface area contributed by atoms with E-state index >= 15 is 0 Å². The van der Waals surface area contributed by atoms with Gasteiger partial charge >= 0.3 is 6.18 Å². The highest BCUT2D eigenvalue weighted by atomic mass is 32.2. The number of alkyl halides is 3. The van der Waals surface area contributed by atoms with E-state index in [0.29, 0.717) is 11.3 Å². The average Bonchev–Trinajstić information content (AvgIpc) is 3.21. The van der Waals surface area contributed by atoms with Gasteiger partial charge in [-0.1, -0.05) is 54.2 Å². The molecule has 0 radical (unpaired) electrons. The molecule has 0 unspecified atom stereocenters. The summed E-state index contributed by atoms with van der Waals surface area (Å²) in [5, 5.41) is 4.48. The van der Waals surface area contributed by atoms with Gasteiger partial charge in [-0.3, -0.25) is 4.79 Å². The van der Waals surface area contributed by atoms with Gasteiger partial charge < -0.3 is 4.98 Å². The van der Waals surface area contributed by atoms with Crippen molar-refractivity contribution in [1.82, 2.24) is 15.4 Å². The number of rotatable bonds is 6. The third-order valence-electron chi connectivity index (χ3n) is 4.60. The molecule has 0 aliphatic heterocycles. The number of aromatic amines is 1. The fraction of sp³-hybridized carbons (Fsp3) is 0.0870. The molecule has 1 amide bonds. The molecular weight excluding hydrogens is 437 g/mol. The molecule has 162 valence electrons. The van der Waals surface area contributed by atoms with Crippen LogP contribution in [0.2, 0.25) is 0 Å². The predicted octanol–water partition coefficient (Wildman–Crippen LogP) is 5.64. The van der Waals surface area contributed by atoms with Gasteiger partial charge in [0.2, 0.25) is 0 Å². The summed E-state index contributed by atoms with van der Waals surface area (Å²) >= 11 is 1.55. The highest BCUT2D eigenvalue weighted by Gasteiger charge is 2.32. The lowest BCUT2D eigenvalue weighted by molar-refractivity contribution is -0.137. The summed E-state index contributed by atoms with van der Waals surface area (Å²) in [5.41, 5.74) is 4.54. The van der Waals surface area contributed by atoms with Crippen LogP contribution < -0.4 is 5.43 Å². The Kier molecular flexibility index (Phi) is 6.27. The van der Waals surface area contributed by atoms with Crippen molar-refractivity contribution in [1.29, 1.82) is 0 Å².